The fourth-order valence-corrected chi connectivity index (χ4v) is 3.44. The molecule has 3 nitrogen and oxygen atoms in total. The van der Waals surface area contributed by atoms with Gasteiger partial charge in [-0.3, -0.25) is 4.68 Å². The molecule has 0 bridgehead atoms. The number of aromatic nitrogens is 2. The molecule has 0 spiro atoms. The molecule has 1 heterocycles. The van der Waals surface area contributed by atoms with Crippen molar-refractivity contribution in [2.75, 3.05) is 0 Å². The predicted octanol–water partition coefficient (Wildman–Crippen LogP) is 4.07. The lowest BCUT2D eigenvalue weighted by Crippen LogP contribution is -2.37. The smallest absolute Gasteiger partial charge is 0.0537 e. The van der Waals surface area contributed by atoms with E-state index >= 15 is 0 Å². The first-order valence-electron chi connectivity index (χ1n) is 8.17. The zero-order valence-corrected chi connectivity index (χ0v) is 13.8. The molecule has 1 atom stereocenters. The summed E-state index contributed by atoms with van der Waals surface area (Å²) in [6.45, 7) is 9.45. The van der Waals surface area contributed by atoms with Crippen LogP contribution in [0.5, 0.6) is 0 Å². The van der Waals surface area contributed by atoms with Crippen LogP contribution in [0.2, 0.25) is 0 Å². The summed E-state index contributed by atoms with van der Waals surface area (Å²) in [5.74, 6) is 0.902. The van der Waals surface area contributed by atoms with Crippen LogP contribution in [-0.4, -0.2) is 15.8 Å². The summed E-state index contributed by atoms with van der Waals surface area (Å²) in [4.78, 5) is 0. The molecule has 1 fully saturated rings. The van der Waals surface area contributed by atoms with Crippen molar-refractivity contribution >= 4 is 0 Å². The third-order valence-electron chi connectivity index (χ3n) is 5.45. The first kappa shape index (κ1) is 15.6. The highest BCUT2D eigenvalue weighted by atomic mass is 15.2. The SMILES string of the molecule is CCC(C)(C)C1CCC(NC(C)c2cnn(C)c2)CC1. The van der Waals surface area contributed by atoms with Crippen molar-refractivity contribution < 1.29 is 0 Å². The molecule has 0 aromatic carbocycles. The van der Waals surface area contributed by atoms with Crippen LogP contribution >= 0.6 is 0 Å². The molecule has 0 saturated heterocycles. The molecule has 1 aliphatic rings. The zero-order valence-electron chi connectivity index (χ0n) is 13.8. The lowest BCUT2D eigenvalue weighted by Gasteiger charge is -2.39. The second kappa shape index (κ2) is 6.30. The lowest BCUT2D eigenvalue weighted by atomic mass is 9.69. The van der Waals surface area contributed by atoms with Crippen LogP contribution in [0.15, 0.2) is 12.4 Å². The summed E-state index contributed by atoms with van der Waals surface area (Å²) in [5.41, 5.74) is 1.81. The minimum atomic E-state index is 0.407. The fraction of sp³-hybridized carbons (Fsp3) is 0.824. The molecule has 1 aromatic rings. The van der Waals surface area contributed by atoms with Crippen LogP contribution in [0.25, 0.3) is 0 Å². The van der Waals surface area contributed by atoms with E-state index in [1.807, 2.05) is 17.9 Å². The molecule has 0 amide bonds. The monoisotopic (exact) mass is 277 g/mol. The van der Waals surface area contributed by atoms with Gasteiger partial charge >= 0.3 is 0 Å². The number of hydrogen-bond donors (Lipinski definition) is 1. The third kappa shape index (κ3) is 3.63. The molecule has 114 valence electrons. The Morgan fingerprint density at radius 3 is 2.50 bits per heavy atom. The third-order valence-corrected chi connectivity index (χ3v) is 5.45. The van der Waals surface area contributed by atoms with E-state index in [1.165, 1.54) is 37.7 Å². The maximum absolute atomic E-state index is 4.26. The van der Waals surface area contributed by atoms with Crippen molar-refractivity contribution in [2.45, 2.75) is 71.9 Å². The Kier molecular flexibility index (Phi) is 4.90. The lowest BCUT2D eigenvalue weighted by molar-refractivity contribution is 0.134. The summed E-state index contributed by atoms with van der Waals surface area (Å²) < 4.78 is 1.88. The van der Waals surface area contributed by atoms with Gasteiger partial charge in [0.25, 0.3) is 0 Å². The number of aryl methyl sites for hydroxylation is 1. The van der Waals surface area contributed by atoms with Crippen LogP contribution in [-0.2, 0) is 7.05 Å². The van der Waals surface area contributed by atoms with E-state index in [0.717, 1.165) is 5.92 Å². The zero-order chi connectivity index (χ0) is 14.8. The van der Waals surface area contributed by atoms with E-state index in [9.17, 15) is 0 Å². The van der Waals surface area contributed by atoms with Crippen LogP contribution in [0.3, 0.4) is 0 Å². The Hall–Kier alpha value is -0.830. The molecule has 1 saturated carbocycles. The van der Waals surface area contributed by atoms with Crippen molar-refractivity contribution in [3.8, 4) is 0 Å². The highest BCUT2D eigenvalue weighted by Gasteiger charge is 2.32. The van der Waals surface area contributed by atoms with Gasteiger partial charge < -0.3 is 5.32 Å². The van der Waals surface area contributed by atoms with Crippen molar-refractivity contribution in [3.05, 3.63) is 18.0 Å². The largest absolute Gasteiger partial charge is 0.307 e. The highest BCUT2D eigenvalue weighted by Crippen LogP contribution is 2.40. The van der Waals surface area contributed by atoms with Gasteiger partial charge in [-0.15, -0.1) is 0 Å². The van der Waals surface area contributed by atoms with E-state index in [2.05, 4.69) is 44.3 Å². The quantitative estimate of drug-likeness (QED) is 0.879. The van der Waals surface area contributed by atoms with Crippen LogP contribution < -0.4 is 5.32 Å². The van der Waals surface area contributed by atoms with Gasteiger partial charge in [0.15, 0.2) is 0 Å². The Bertz CT molecular complexity index is 414. The molecule has 2 rings (SSSR count). The van der Waals surface area contributed by atoms with Gasteiger partial charge in [0.1, 0.15) is 0 Å². The summed E-state index contributed by atoms with van der Waals surface area (Å²) in [7, 11) is 1.98. The topological polar surface area (TPSA) is 29.9 Å². The van der Waals surface area contributed by atoms with Gasteiger partial charge in [-0.1, -0.05) is 27.2 Å². The standard InChI is InChI=1S/C17H31N3/c1-6-17(3,4)15-7-9-16(10-8-15)19-13(2)14-11-18-20(5)12-14/h11-13,15-16,19H,6-10H2,1-5H3. The normalized spacial score (nSPS) is 25.6. The second-order valence-corrected chi connectivity index (χ2v) is 7.23. The van der Waals surface area contributed by atoms with E-state index < -0.39 is 0 Å². The minimum Gasteiger partial charge on any atom is -0.307 e. The van der Waals surface area contributed by atoms with Crippen molar-refractivity contribution in [3.63, 3.8) is 0 Å². The minimum absolute atomic E-state index is 0.407. The summed E-state index contributed by atoms with van der Waals surface area (Å²) in [6.07, 6.45) is 10.8. The average Bonchev–Trinajstić information content (AvgIpc) is 2.86. The van der Waals surface area contributed by atoms with Crippen LogP contribution in [0.4, 0.5) is 0 Å². The van der Waals surface area contributed by atoms with Crippen molar-refractivity contribution in [1.29, 1.82) is 0 Å². The van der Waals surface area contributed by atoms with Crippen molar-refractivity contribution in [1.82, 2.24) is 15.1 Å². The molecule has 1 aliphatic carbocycles. The molecule has 1 N–H and O–H groups in total. The first-order chi connectivity index (χ1) is 9.42. The molecule has 1 aromatic heterocycles. The Labute approximate surface area is 124 Å². The number of nitrogens with one attached hydrogen (secondary N) is 1. The Balaban J connectivity index is 1.82. The highest BCUT2D eigenvalue weighted by molar-refractivity contribution is 5.09. The Morgan fingerprint density at radius 1 is 1.35 bits per heavy atom. The van der Waals surface area contributed by atoms with E-state index in [1.54, 1.807) is 0 Å². The number of rotatable bonds is 5. The average molecular weight is 277 g/mol. The number of hydrogen-bond acceptors (Lipinski definition) is 2. The van der Waals surface area contributed by atoms with E-state index in [-0.39, 0.29) is 0 Å². The van der Waals surface area contributed by atoms with Crippen LogP contribution in [0.1, 0.15) is 71.4 Å². The number of nitrogens with zero attached hydrogens (tertiary/aromatic N) is 2. The molecule has 1 unspecified atom stereocenters. The first-order valence-corrected chi connectivity index (χ1v) is 8.17. The van der Waals surface area contributed by atoms with Crippen LogP contribution in [0, 0.1) is 11.3 Å². The van der Waals surface area contributed by atoms with Gasteiger partial charge in [0.05, 0.1) is 6.20 Å². The molecule has 0 aliphatic heterocycles. The van der Waals surface area contributed by atoms with Gasteiger partial charge in [0.2, 0.25) is 0 Å². The van der Waals surface area contributed by atoms with Gasteiger partial charge in [-0.05, 0) is 43.9 Å². The molecular weight excluding hydrogens is 246 g/mol. The maximum atomic E-state index is 4.26. The Morgan fingerprint density at radius 2 is 2.00 bits per heavy atom. The molecular formula is C17H31N3. The van der Waals surface area contributed by atoms with E-state index in [4.69, 9.17) is 0 Å². The maximum Gasteiger partial charge on any atom is 0.0537 e. The molecule has 20 heavy (non-hydrogen) atoms. The summed E-state index contributed by atoms with van der Waals surface area (Å²) >= 11 is 0. The predicted molar refractivity (Wildman–Crippen MR) is 84.6 cm³/mol. The summed E-state index contributed by atoms with van der Waals surface area (Å²) in [5, 5.41) is 8.05. The molecule has 3 heteroatoms. The second-order valence-electron chi connectivity index (χ2n) is 7.23. The van der Waals surface area contributed by atoms with Gasteiger partial charge in [-0.2, -0.15) is 5.10 Å². The van der Waals surface area contributed by atoms with Gasteiger partial charge in [0, 0.05) is 30.9 Å². The summed E-state index contributed by atoms with van der Waals surface area (Å²) in [6, 6.07) is 1.08. The fourth-order valence-electron chi connectivity index (χ4n) is 3.44. The molecule has 0 radical (unpaired) electrons. The van der Waals surface area contributed by atoms with Crippen molar-refractivity contribution in [2.24, 2.45) is 18.4 Å². The van der Waals surface area contributed by atoms with Gasteiger partial charge in [-0.25, -0.2) is 0 Å². The van der Waals surface area contributed by atoms with E-state index in [0.29, 0.717) is 17.5 Å².